The Morgan fingerprint density at radius 2 is 1.44 bits per heavy atom. The Bertz CT molecular complexity index is 1700. The minimum Gasteiger partial charge on any atom is -0.352 e. The molecular weight excluding hydrogens is 589 g/mol. The van der Waals surface area contributed by atoms with Gasteiger partial charge in [-0.15, -0.1) is 0 Å². The highest BCUT2D eigenvalue weighted by atomic mass is 32.2. The Morgan fingerprint density at radius 1 is 0.822 bits per heavy atom. The first-order chi connectivity index (χ1) is 21.5. The Kier molecular flexibility index (Phi) is 11.1. The molecule has 9 heteroatoms. The number of halogens is 1. The molecule has 0 spiro atoms. The van der Waals surface area contributed by atoms with Gasteiger partial charge in [0.15, 0.2) is 0 Å². The molecule has 0 radical (unpaired) electrons. The van der Waals surface area contributed by atoms with Crippen LogP contribution in [-0.2, 0) is 32.6 Å². The summed E-state index contributed by atoms with van der Waals surface area (Å²) in [6, 6.07) is 27.1. The highest BCUT2D eigenvalue weighted by molar-refractivity contribution is 7.92. The maximum absolute atomic E-state index is 14.5. The third kappa shape index (κ3) is 8.57. The summed E-state index contributed by atoms with van der Waals surface area (Å²) in [6.07, 6.45) is 0.886. The lowest BCUT2D eigenvalue weighted by molar-refractivity contribution is -0.140. The van der Waals surface area contributed by atoms with Crippen molar-refractivity contribution >= 4 is 27.5 Å². The van der Waals surface area contributed by atoms with Gasteiger partial charge in [-0.3, -0.25) is 13.9 Å². The van der Waals surface area contributed by atoms with Gasteiger partial charge >= 0.3 is 0 Å². The molecule has 0 aliphatic heterocycles. The maximum atomic E-state index is 14.5. The lowest BCUT2D eigenvalue weighted by Crippen LogP contribution is -2.54. The molecule has 4 rings (SSSR count). The first kappa shape index (κ1) is 33.4. The van der Waals surface area contributed by atoms with Crippen molar-refractivity contribution in [3.8, 4) is 0 Å². The van der Waals surface area contributed by atoms with Crippen LogP contribution in [0.5, 0.6) is 0 Å². The van der Waals surface area contributed by atoms with Gasteiger partial charge in [0.2, 0.25) is 11.8 Å². The molecule has 0 saturated carbocycles. The van der Waals surface area contributed by atoms with Gasteiger partial charge in [-0.1, -0.05) is 73.7 Å². The maximum Gasteiger partial charge on any atom is 0.264 e. The second-order valence-corrected chi connectivity index (χ2v) is 13.1. The van der Waals surface area contributed by atoms with Gasteiger partial charge in [-0.25, -0.2) is 12.8 Å². The molecule has 2 amide bonds. The summed E-state index contributed by atoms with van der Waals surface area (Å²) in [7, 11) is -4.18. The molecule has 4 aromatic rings. The van der Waals surface area contributed by atoms with E-state index in [9.17, 15) is 22.4 Å². The van der Waals surface area contributed by atoms with Crippen LogP contribution in [0.2, 0.25) is 0 Å². The molecule has 45 heavy (non-hydrogen) atoms. The number of hydrogen-bond acceptors (Lipinski definition) is 4. The van der Waals surface area contributed by atoms with E-state index in [0.717, 1.165) is 21.0 Å². The van der Waals surface area contributed by atoms with E-state index in [1.165, 1.54) is 29.2 Å². The van der Waals surface area contributed by atoms with Crippen LogP contribution >= 0.6 is 0 Å². The van der Waals surface area contributed by atoms with Crippen LogP contribution in [0.3, 0.4) is 0 Å². The molecule has 4 aromatic carbocycles. The number of aryl methyl sites for hydroxylation is 2. The molecule has 7 nitrogen and oxygen atoms in total. The number of rotatable bonds is 13. The van der Waals surface area contributed by atoms with Gasteiger partial charge in [0.05, 0.1) is 10.6 Å². The first-order valence-electron chi connectivity index (χ1n) is 15.0. The van der Waals surface area contributed by atoms with Crippen LogP contribution in [-0.4, -0.2) is 43.8 Å². The van der Waals surface area contributed by atoms with Gasteiger partial charge < -0.3 is 10.2 Å². The van der Waals surface area contributed by atoms with E-state index in [0.29, 0.717) is 17.7 Å². The van der Waals surface area contributed by atoms with E-state index >= 15 is 0 Å². The fourth-order valence-electron chi connectivity index (χ4n) is 4.91. The summed E-state index contributed by atoms with van der Waals surface area (Å²) in [6.45, 7) is 7.06. The van der Waals surface area contributed by atoms with Crippen LogP contribution in [0.4, 0.5) is 10.1 Å². The van der Waals surface area contributed by atoms with Crippen molar-refractivity contribution in [3.63, 3.8) is 0 Å². The average molecular weight is 630 g/mol. The second-order valence-electron chi connectivity index (χ2n) is 11.3. The summed E-state index contributed by atoms with van der Waals surface area (Å²) in [5, 5.41) is 3.01. The number of amides is 2. The zero-order chi connectivity index (χ0) is 32.6. The molecule has 0 bridgehead atoms. The second kappa shape index (κ2) is 15.0. The van der Waals surface area contributed by atoms with Crippen molar-refractivity contribution < 1.29 is 22.4 Å². The van der Waals surface area contributed by atoms with E-state index in [4.69, 9.17) is 0 Å². The standard InChI is InChI=1S/C36H40FN3O4S/c1-5-28(4)38-36(42)34(23-29-12-8-6-9-13-29)39(24-30-17-19-31(37)20-18-30)35(41)25-40(32-21-16-26(2)27(3)22-32)45(43,44)33-14-10-7-11-15-33/h6-22,28,34H,5,23-25H2,1-4H3,(H,38,42)/t28-,34+/m1/s1. The average Bonchev–Trinajstić information content (AvgIpc) is 3.04. The Balaban J connectivity index is 1.81. The summed E-state index contributed by atoms with van der Waals surface area (Å²) >= 11 is 0. The van der Waals surface area contributed by atoms with Gasteiger partial charge in [-0.2, -0.15) is 0 Å². The van der Waals surface area contributed by atoms with E-state index in [2.05, 4.69) is 5.32 Å². The molecule has 0 fully saturated rings. The molecule has 236 valence electrons. The lowest BCUT2D eigenvalue weighted by atomic mass is 10.0. The van der Waals surface area contributed by atoms with Gasteiger partial charge in [-0.05, 0) is 85.8 Å². The number of carbonyl (C=O) groups excluding carboxylic acids is 2. The molecule has 1 N–H and O–H groups in total. The highest BCUT2D eigenvalue weighted by Gasteiger charge is 2.35. The van der Waals surface area contributed by atoms with E-state index in [1.54, 1.807) is 42.5 Å². The normalized spacial score (nSPS) is 12.6. The monoisotopic (exact) mass is 629 g/mol. The zero-order valence-corrected chi connectivity index (χ0v) is 26.9. The zero-order valence-electron chi connectivity index (χ0n) is 26.1. The molecule has 0 heterocycles. The van der Waals surface area contributed by atoms with Crippen LogP contribution in [0, 0.1) is 19.7 Å². The molecular formula is C36H40FN3O4S. The number of sulfonamides is 1. The van der Waals surface area contributed by atoms with Crippen LogP contribution in [0.25, 0.3) is 0 Å². The summed E-state index contributed by atoms with van der Waals surface area (Å²) in [5.41, 5.74) is 3.61. The van der Waals surface area contributed by atoms with Crippen molar-refractivity contribution in [2.45, 2.75) is 64.1 Å². The largest absolute Gasteiger partial charge is 0.352 e. The number of nitrogens with zero attached hydrogens (tertiary/aromatic N) is 2. The topological polar surface area (TPSA) is 86.8 Å². The fourth-order valence-corrected chi connectivity index (χ4v) is 6.34. The molecule has 0 saturated heterocycles. The molecule has 0 aliphatic rings. The van der Waals surface area contributed by atoms with Crippen molar-refractivity contribution in [2.24, 2.45) is 0 Å². The third-order valence-corrected chi connectivity index (χ3v) is 9.71. The summed E-state index contributed by atoms with van der Waals surface area (Å²) in [4.78, 5) is 29.8. The Morgan fingerprint density at radius 3 is 2.04 bits per heavy atom. The fraction of sp³-hybridized carbons (Fsp3) is 0.278. The van der Waals surface area contributed by atoms with Crippen molar-refractivity contribution in [3.05, 3.63) is 131 Å². The molecule has 0 unspecified atom stereocenters. The highest BCUT2D eigenvalue weighted by Crippen LogP contribution is 2.27. The predicted octanol–water partition coefficient (Wildman–Crippen LogP) is 6.19. The lowest BCUT2D eigenvalue weighted by Gasteiger charge is -2.34. The minimum absolute atomic E-state index is 0.0311. The summed E-state index contributed by atoms with van der Waals surface area (Å²) in [5.74, 6) is -1.36. The van der Waals surface area contributed by atoms with Gasteiger partial charge in [0.1, 0.15) is 18.4 Å². The number of hydrogen-bond donors (Lipinski definition) is 1. The minimum atomic E-state index is -4.18. The Labute approximate surface area is 265 Å². The number of anilines is 1. The smallest absolute Gasteiger partial charge is 0.264 e. The summed E-state index contributed by atoms with van der Waals surface area (Å²) < 4.78 is 43.1. The van der Waals surface area contributed by atoms with Crippen LogP contribution in [0.1, 0.15) is 42.5 Å². The molecule has 0 aliphatic carbocycles. The van der Waals surface area contributed by atoms with E-state index in [1.807, 2.05) is 64.1 Å². The number of carbonyl (C=O) groups is 2. The number of benzene rings is 4. The van der Waals surface area contributed by atoms with Crippen molar-refractivity contribution in [1.29, 1.82) is 0 Å². The Hall–Kier alpha value is -4.50. The first-order valence-corrected chi connectivity index (χ1v) is 16.5. The third-order valence-electron chi connectivity index (χ3n) is 7.93. The quantitative estimate of drug-likeness (QED) is 0.191. The van der Waals surface area contributed by atoms with Crippen molar-refractivity contribution in [2.75, 3.05) is 10.8 Å². The van der Waals surface area contributed by atoms with Crippen LogP contribution in [0.15, 0.2) is 108 Å². The SMILES string of the molecule is CC[C@@H](C)NC(=O)[C@H](Cc1ccccc1)N(Cc1ccc(F)cc1)C(=O)CN(c1ccc(C)c(C)c1)S(=O)(=O)c1ccccc1. The number of nitrogens with one attached hydrogen (secondary N) is 1. The van der Waals surface area contributed by atoms with Crippen LogP contribution < -0.4 is 9.62 Å². The predicted molar refractivity (Wildman–Crippen MR) is 176 cm³/mol. The van der Waals surface area contributed by atoms with E-state index < -0.39 is 34.3 Å². The molecule has 2 atom stereocenters. The van der Waals surface area contributed by atoms with Crippen molar-refractivity contribution in [1.82, 2.24) is 10.2 Å². The molecule has 0 aromatic heterocycles. The van der Waals surface area contributed by atoms with E-state index in [-0.39, 0.29) is 29.8 Å². The van der Waals surface area contributed by atoms with Gasteiger partial charge in [0, 0.05) is 19.0 Å². The van der Waals surface area contributed by atoms with Gasteiger partial charge in [0.25, 0.3) is 10.0 Å².